The first kappa shape index (κ1) is 11.1. The van der Waals surface area contributed by atoms with Gasteiger partial charge < -0.3 is 4.74 Å². The van der Waals surface area contributed by atoms with Crippen molar-refractivity contribution in [3.8, 4) is 5.75 Å². The van der Waals surface area contributed by atoms with Gasteiger partial charge >= 0.3 is 0 Å². The highest BCUT2D eigenvalue weighted by atomic mass is 16.5. The molecular weight excluding hydrogens is 232 g/mol. The zero-order valence-corrected chi connectivity index (χ0v) is 11.1. The molecule has 0 aliphatic heterocycles. The van der Waals surface area contributed by atoms with Crippen molar-refractivity contribution in [2.45, 2.75) is 38.2 Å². The van der Waals surface area contributed by atoms with Gasteiger partial charge in [-0.1, -0.05) is 42.8 Å². The van der Waals surface area contributed by atoms with Crippen molar-refractivity contribution in [3.63, 3.8) is 0 Å². The largest absolute Gasteiger partial charge is 0.490 e. The number of hydrogen-bond acceptors (Lipinski definition) is 1. The Kier molecular flexibility index (Phi) is 2.58. The Morgan fingerprint density at radius 3 is 2.47 bits per heavy atom. The molecule has 96 valence electrons. The summed E-state index contributed by atoms with van der Waals surface area (Å²) in [5.41, 5.74) is 2.64. The minimum Gasteiger partial charge on any atom is -0.490 e. The molecule has 0 aromatic heterocycles. The molecule has 0 N–H and O–H groups in total. The standard InChI is InChI=1S/C18H18O/c1-2-6-15(7-3-1)19-17-12-11-14-10-9-13-5-4-8-16(17)18(13)14/h4-5,8-12,15H,1-3,6-7H2. The second-order valence-corrected chi connectivity index (χ2v) is 5.63. The average Bonchev–Trinajstić information content (AvgIpc) is 2.88. The summed E-state index contributed by atoms with van der Waals surface area (Å²) in [6.07, 6.45) is 11.2. The topological polar surface area (TPSA) is 9.23 Å². The van der Waals surface area contributed by atoms with Crippen molar-refractivity contribution < 1.29 is 4.74 Å². The molecule has 2 aliphatic rings. The van der Waals surface area contributed by atoms with Crippen LogP contribution in [0.4, 0.5) is 0 Å². The third-order valence-electron chi connectivity index (χ3n) is 4.35. The molecule has 0 bridgehead atoms. The first-order chi connectivity index (χ1) is 9.42. The van der Waals surface area contributed by atoms with Crippen molar-refractivity contribution in [1.29, 1.82) is 0 Å². The van der Waals surface area contributed by atoms with E-state index in [-0.39, 0.29) is 0 Å². The molecule has 0 atom stereocenters. The molecule has 0 spiro atoms. The summed E-state index contributed by atoms with van der Waals surface area (Å²) in [5.74, 6) is 1.07. The fourth-order valence-electron chi connectivity index (χ4n) is 3.36. The minimum absolute atomic E-state index is 0.417. The molecule has 1 fully saturated rings. The summed E-state index contributed by atoms with van der Waals surface area (Å²) < 4.78 is 6.28. The fourth-order valence-corrected chi connectivity index (χ4v) is 3.36. The summed E-state index contributed by atoms with van der Waals surface area (Å²) in [6.45, 7) is 0. The molecule has 1 nitrogen and oxygen atoms in total. The molecule has 2 aromatic carbocycles. The first-order valence-corrected chi connectivity index (χ1v) is 7.32. The molecule has 0 unspecified atom stereocenters. The summed E-state index contributed by atoms with van der Waals surface area (Å²) in [6, 6.07) is 10.8. The van der Waals surface area contributed by atoms with E-state index < -0.39 is 0 Å². The van der Waals surface area contributed by atoms with Gasteiger partial charge in [0.2, 0.25) is 0 Å². The average molecular weight is 250 g/mol. The molecular formula is C18H18O. The van der Waals surface area contributed by atoms with Gasteiger partial charge in [0.1, 0.15) is 5.75 Å². The van der Waals surface area contributed by atoms with Gasteiger partial charge in [0.05, 0.1) is 6.10 Å². The first-order valence-electron chi connectivity index (χ1n) is 7.32. The Balaban J connectivity index is 1.75. The van der Waals surface area contributed by atoms with Crippen LogP contribution in [0.25, 0.3) is 22.9 Å². The summed E-state index contributed by atoms with van der Waals surface area (Å²) >= 11 is 0. The van der Waals surface area contributed by atoms with E-state index in [2.05, 4.69) is 42.5 Å². The van der Waals surface area contributed by atoms with Crippen LogP contribution in [0.2, 0.25) is 0 Å². The smallest absolute Gasteiger partial charge is 0.127 e. The van der Waals surface area contributed by atoms with Crippen LogP contribution in [-0.4, -0.2) is 6.10 Å². The SMILES string of the molecule is C1=Cc2ccc(OC3CCCCC3)c3cccc1c23. The quantitative estimate of drug-likeness (QED) is 0.619. The number of hydrogen-bond donors (Lipinski definition) is 0. The Morgan fingerprint density at radius 2 is 1.63 bits per heavy atom. The lowest BCUT2D eigenvalue weighted by Crippen LogP contribution is -2.19. The van der Waals surface area contributed by atoms with Gasteiger partial charge in [0.25, 0.3) is 0 Å². The van der Waals surface area contributed by atoms with E-state index in [0.717, 1.165) is 5.75 Å². The van der Waals surface area contributed by atoms with Gasteiger partial charge in [-0.15, -0.1) is 0 Å². The molecule has 2 aromatic rings. The summed E-state index contributed by atoms with van der Waals surface area (Å²) in [5, 5.41) is 2.63. The lowest BCUT2D eigenvalue weighted by molar-refractivity contribution is 0.157. The van der Waals surface area contributed by atoms with Crippen molar-refractivity contribution >= 4 is 22.9 Å². The molecule has 4 rings (SSSR count). The van der Waals surface area contributed by atoms with Crippen molar-refractivity contribution in [2.24, 2.45) is 0 Å². The Labute approximate surface area is 113 Å². The molecule has 0 amide bonds. The zero-order valence-electron chi connectivity index (χ0n) is 11.1. The number of benzene rings is 2. The third kappa shape index (κ3) is 1.85. The highest BCUT2D eigenvalue weighted by molar-refractivity contribution is 6.06. The minimum atomic E-state index is 0.417. The van der Waals surface area contributed by atoms with Crippen LogP contribution in [0, 0.1) is 0 Å². The van der Waals surface area contributed by atoms with Crippen LogP contribution in [-0.2, 0) is 0 Å². The van der Waals surface area contributed by atoms with E-state index in [1.54, 1.807) is 0 Å². The third-order valence-corrected chi connectivity index (χ3v) is 4.35. The van der Waals surface area contributed by atoms with Crippen LogP contribution in [0.1, 0.15) is 43.2 Å². The predicted octanol–water partition coefficient (Wildman–Crippen LogP) is 5.04. The monoisotopic (exact) mass is 250 g/mol. The van der Waals surface area contributed by atoms with Gasteiger partial charge in [-0.25, -0.2) is 0 Å². The maximum atomic E-state index is 6.28. The van der Waals surface area contributed by atoms with Gasteiger partial charge in [-0.3, -0.25) is 0 Å². The lowest BCUT2D eigenvalue weighted by atomic mass is 9.97. The Morgan fingerprint density at radius 1 is 0.842 bits per heavy atom. The van der Waals surface area contributed by atoms with Gasteiger partial charge in [-0.2, -0.15) is 0 Å². The van der Waals surface area contributed by atoms with E-state index >= 15 is 0 Å². The second kappa shape index (κ2) is 4.41. The van der Waals surface area contributed by atoms with E-state index in [1.807, 2.05) is 0 Å². The highest BCUT2D eigenvalue weighted by Gasteiger charge is 2.18. The van der Waals surface area contributed by atoms with Crippen molar-refractivity contribution in [3.05, 3.63) is 41.5 Å². The molecule has 0 radical (unpaired) electrons. The molecule has 19 heavy (non-hydrogen) atoms. The molecule has 1 heteroatoms. The second-order valence-electron chi connectivity index (χ2n) is 5.63. The maximum absolute atomic E-state index is 6.28. The highest BCUT2D eigenvalue weighted by Crippen LogP contribution is 2.37. The van der Waals surface area contributed by atoms with Gasteiger partial charge in [-0.05, 0) is 48.3 Å². The van der Waals surface area contributed by atoms with Crippen LogP contribution in [0.15, 0.2) is 30.3 Å². The van der Waals surface area contributed by atoms with E-state index in [0.29, 0.717) is 6.10 Å². The molecule has 1 saturated carbocycles. The van der Waals surface area contributed by atoms with Gasteiger partial charge in [0.15, 0.2) is 0 Å². The fraction of sp³-hybridized carbons (Fsp3) is 0.333. The van der Waals surface area contributed by atoms with Crippen molar-refractivity contribution in [2.75, 3.05) is 0 Å². The zero-order chi connectivity index (χ0) is 12.7. The Bertz CT molecular complexity index is 636. The molecule has 0 heterocycles. The molecule has 2 aliphatic carbocycles. The van der Waals surface area contributed by atoms with E-state index in [1.165, 1.54) is 54.0 Å². The van der Waals surface area contributed by atoms with Crippen LogP contribution in [0.3, 0.4) is 0 Å². The van der Waals surface area contributed by atoms with E-state index in [4.69, 9.17) is 4.74 Å². The number of rotatable bonds is 2. The van der Waals surface area contributed by atoms with Gasteiger partial charge in [0, 0.05) is 5.39 Å². The summed E-state index contributed by atoms with van der Waals surface area (Å²) in [4.78, 5) is 0. The predicted molar refractivity (Wildman–Crippen MR) is 80.4 cm³/mol. The lowest BCUT2D eigenvalue weighted by Gasteiger charge is -2.24. The van der Waals surface area contributed by atoms with Crippen LogP contribution in [0.5, 0.6) is 5.75 Å². The van der Waals surface area contributed by atoms with Crippen molar-refractivity contribution in [1.82, 2.24) is 0 Å². The summed E-state index contributed by atoms with van der Waals surface area (Å²) in [7, 11) is 0. The maximum Gasteiger partial charge on any atom is 0.127 e. The van der Waals surface area contributed by atoms with Crippen LogP contribution >= 0.6 is 0 Å². The van der Waals surface area contributed by atoms with E-state index in [9.17, 15) is 0 Å². The van der Waals surface area contributed by atoms with Crippen LogP contribution < -0.4 is 4.74 Å². The number of ether oxygens (including phenoxy) is 1. The molecule has 0 saturated heterocycles. The normalized spacial score (nSPS) is 18.1. The Hall–Kier alpha value is -1.76.